The van der Waals surface area contributed by atoms with Gasteiger partial charge in [0.05, 0.1) is 0 Å². The van der Waals surface area contributed by atoms with E-state index in [1.807, 2.05) is 0 Å². The first-order valence-electron chi connectivity index (χ1n) is 23.0. The van der Waals surface area contributed by atoms with Crippen LogP contribution in [0.4, 0.5) is 0 Å². The van der Waals surface area contributed by atoms with E-state index in [0.717, 1.165) is 0 Å². The Bertz CT molecular complexity index is 4050. The minimum atomic E-state index is 1.22. The number of fused-ring (bicyclic) bond motifs is 15. The molecule has 0 spiro atoms. The lowest BCUT2D eigenvalue weighted by molar-refractivity contribution is 1.66. The van der Waals surface area contributed by atoms with Gasteiger partial charge in [-0.3, -0.25) is 0 Å². The summed E-state index contributed by atoms with van der Waals surface area (Å²) < 4.78 is 0. The maximum Gasteiger partial charge on any atom is -0.00139 e. The second-order valence-electron chi connectivity index (χ2n) is 18.0. The van der Waals surface area contributed by atoms with E-state index in [1.54, 1.807) is 0 Å². The van der Waals surface area contributed by atoms with Crippen molar-refractivity contribution in [1.29, 1.82) is 0 Å². The average Bonchev–Trinajstić information content (AvgIpc) is 3.39. The van der Waals surface area contributed by atoms with Crippen molar-refractivity contribution >= 4 is 97.0 Å². The monoisotopic (exact) mass is 832 g/mol. The van der Waals surface area contributed by atoms with E-state index in [9.17, 15) is 0 Å². The first kappa shape index (κ1) is 36.9. The topological polar surface area (TPSA) is 0 Å². The maximum absolute atomic E-state index is 2.43. The van der Waals surface area contributed by atoms with Gasteiger partial charge in [-0.25, -0.2) is 0 Å². The quantitative estimate of drug-likeness (QED) is 0.155. The molecule has 0 radical (unpaired) electrons. The maximum atomic E-state index is 2.43. The third-order valence-corrected chi connectivity index (χ3v) is 14.3. The first-order chi connectivity index (χ1) is 32.7. The Balaban J connectivity index is 0.890. The number of benzene rings is 14. The Labute approximate surface area is 382 Å². The molecule has 0 heteroatoms. The first-order valence-corrected chi connectivity index (χ1v) is 23.0. The van der Waals surface area contributed by atoms with Gasteiger partial charge in [-0.1, -0.05) is 206 Å². The highest BCUT2D eigenvalue weighted by Crippen LogP contribution is 2.46. The molecule has 0 aromatic heterocycles. The van der Waals surface area contributed by atoms with Crippen molar-refractivity contribution in [3.05, 3.63) is 243 Å². The molecule has 14 rings (SSSR count). The van der Waals surface area contributed by atoms with Crippen LogP contribution in [0.2, 0.25) is 0 Å². The molecule has 0 aliphatic rings. The van der Waals surface area contributed by atoms with Crippen LogP contribution in [0.1, 0.15) is 0 Å². The van der Waals surface area contributed by atoms with Crippen LogP contribution in [0, 0.1) is 0 Å². The summed E-state index contributed by atoms with van der Waals surface area (Å²) >= 11 is 0. The largest absolute Gasteiger partial charge is 0.0616 e. The summed E-state index contributed by atoms with van der Waals surface area (Å²) in [5.74, 6) is 0. The Morgan fingerprint density at radius 3 is 0.894 bits per heavy atom. The summed E-state index contributed by atoms with van der Waals surface area (Å²) in [5, 5.41) is 23.0. The lowest BCUT2D eigenvalue weighted by Crippen LogP contribution is -1.90. The van der Waals surface area contributed by atoms with Crippen molar-refractivity contribution in [3.63, 3.8) is 0 Å². The standard InChI is InChI=1S/C66H40/c1-3-15-53-41(11-1)13-9-21-55(53)51-29-27-43-35-45(23-25-47(43)37-51)49-31-33-61-63(39-49)57-17-5-7-19-59(57)66-62-34-32-50(40-64(62)58-18-6-8-20-60(58)65(61)66)46-24-26-48-38-52(30-28-44(48)36-46)56-22-10-14-42-12-2-4-16-54(42)56/h1-40H. The molecule has 66 heavy (non-hydrogen) atoms. The Hall–Kier alpha value is -8.58. The van der Waals surface area contributed by atoms with Gasteiger partial charge in [0.25, 0.3) is 0 Å². The van der Waals surface area contributed by atoms with E-state index in [1.165, 1.54) is 141 Å². The predicted molar refractivity (Wildman–Crippen MR) is 286 cm³/mol. The fourth-order valence-electron chi connectivity index (χ4n) is 11.2. The molecule has 0 amide bonds. The summed E-state index contributed by atoms with van der Waals surface area (Å²) in [6, 6.07) is 90.4. The smallest absolute Gasteiger partial charge is 0.00139 e. The SMILES string of the molecule is c1ccc2c(-c3ccc4cc(-c5ccc6c(c5)c5ccccc5c5c7ccc(-c8ccc9cc(-c%10cccc%11ccccc%10%11)ccc9c8)cc7c7ccccc7c65)ccc4c3)cccc2c1. The lowest BCUT2D eigenvalue weighted by Gasteiger charge is -2.18. The Morgan fingerprint density at radius 1 is 0.152 bits per heavy atom. The zero-order chi connectivity index (χ0) is 43.3. The minimum absolute atomic E-state index is 1.22. The molecule has 0 saturated carbocycles. The molecule has 0 aliphatic carbocycles. The van der Waals surface area contributed by atoms with E-state index < -0.39 is 0 Å². The normalized spacial score (nSPS) is 11.9. The molecule has 0 atom stereocenters. The van der Waals surface area contributed by atoms with Crippen LogP contribution in [-0.2, 0) is 0 Å². The molecule has 0 saturated heterocycles. The van der Waals surface area contributed by atoms with E-state index in [2.05, 4.69) is 243 Å². The second kappa shape index (κ2) is 14.5. The third-order valence-electron chi connectivity index (χ3n) is 14.3. The summed E-state index contributed by atoms with van der Waals surface area (Å²) in [6.45, 7) is 0. The van der Waals surface area contributed by atoms with Crippen molar-refractivity contribution in [2.75, 3.05) is 0 Å². The predicted octanol–water partition coefficient (Wildman–Crippen LogP) is 18.7. The molecule has 0 nitrogen and oxygen atoms in total. The van der Waals surface area contributed by atoms with Gasteiger partial charge in [-0.15, -0.1) is 0 Å². The van der Waals surface area contributed by atoms with Crippen molar-refractivity contribution in [1.82, 2.24) is 0 Å². The van der Waals surface area contributed by atoms with E-state index in [4.69, 9.17) is 0 Å². The van der Waals surface area contributed by atoms with Crippen molar-refractivity contribution in [2.45, 2.75) is 0 Å². The zero-order valence-electron chi connectivity index (χ0n) is 36.1. The second-order valence-corrected chi connectivity index (χ2v) is 18.0. The van der Waals surface area contributed by atoms with Crippen molar-refractivity contribution in [3.8, 4) is 44.5 Å². The molecule has 0 fully saturated rings. The van der Waals surface area contributed by atoms with Gasteiger partial charge in [-0.2, -0.15) is 0 Å². The third kappa shape index (κ3) is 5.72. The fourth-order valence-corrected chi connectivity index (χ4v) is 11.2. The van der Waals surface area contributed by atoms with Gasteiger partial charge in [0.1, 0.15) is 0 Å². The van der Waals surface area contributed by atoms with Gasteiger partial charge in [0.15, 0.2) is 0 Å². The van der Waals surface area contributed by atoms with Crippen LogP contribution < -0.4 is 0 Å². The number of rotatable bonds is 4. The van der Waals surface area contributed by atoms with Crippen LogP contribution in [0.3, 0.4) is 0 Å². The van der Waals surface area contributed by atoms with Crippen molar-refractivity contribution in [2.24, 2.45) is 0 Å². The highest BCUT2D eigenvalue weighted by molar-refractivity contribution is 6.39. The lowest BCUT2D eigenvalue weighted by atomic mass is 9.85. The van der Waals surface area contributed by atoms with E-state index in [0.29, 0.717) is 0 Å². The molecule has 0 unspecified atom stereocenters. The zero-order valence-corrected chi connectivity index (χ0v) is 36.1. The molecular formula is C66H40. The van der Waals surface area contributed by atoms with Gasteiger partial charge < -0.3 is 0 Å². The number of hydrogen-bond acceptors (Lipinski definition) is 0. The van der Waals surface area contributed by atoms with Crippen LogP contribution in [-0.4, -0.2) is 0 Å². The summed E-state index contributed by atoms with van der Waals surface area (Å²) in [7, 11) is 0. The molecule has 14 aromatic rings. The minimum Gasteiger partial charge on any atom is -0.0616 e. The van der Waals surface area contributed by atoms with Gasteiger partial charge in [0, 0.05) is 0 Å². The summed E-state index contributed by atoms with van der Waals surface area (Å²) in [5.41, 5.74) is 9.92. The number of hydrogen-bond donors (Lipinski definition) is 0. The molecule has 0 heterocycles. The van der Waals surface area contributed by atoms with E-state index >= 15 is 0 Å². The summed E-state index contributed by atoms with van der Waals surface area (Å²) in [6.07, 6.45) is 0. The highest BCUT2D eigenvalue weighted by atomic mass is 14.2. The van der Waals surface area contributed by atoms with E-state index in [-0.39, 0.29) is 0 Å². The molecule has 0 aliphatic heterocycles. The van der Waals surface area contributed by atoms with Crippen LogP contribution in [0.15, 0.2) is 243 Å². The van der Waals surface area contributed by atoms with Crippen molar-refractivity contribution < 1.29 is 0 Å². The Morgan fingerprint density at radius 2 is 0.455 bits per heavy atom. The van der Waals surface area contributed by atoms with Gasteiger partial charge in [-0.05, 0) is 178 Å². The molecular weight excluding hydrogens is 793 g/mol. The molecule has 14 aromatic carbocycles. The summed E-state index contributed by atoms with van der Waals surface area (Å²) in [4.78, 5) is 0. The molecule has 304 valence electrons. The van der Waals surface area contributed by atoms with Crippen LogP contribution in [0.5, 0.6) is 0 Å². The molecule has 0 N–H and O–H groups in total. The average molecular weight is 833 g/mol. The molecule has 0 bridgehead atoms. The van der Waals surface area contributed by atoms with Crippen LogP contribution >= 0.6 is 0 Å². The Kier molecular flexibility index (Phi) is 8.08. The van der Waals surface area contributed by atoms with Crippen LogP contribution in [0.25, 0.3) is 141 Å². The fraction of sp³-hybridized carbons (Fsp3) is 0. The highest BCUT2D eigenvalue weighted by Gasteiger charge is 2.18. The van der Waals surface area contributed by atoms with Gasteiger partial charge >= 0.3 is 0 Å². The van der Waals surface area contributed by atoms with Gasteiger partial charge in [0.2, 0.25) is 0 Å².